The fourth-order valence-electron chi connectivity index (χ4n) is 5.85. The summed E-state index contributed by atoms with van der Waals surface area (Å²) in [4.78, 5) is 38.0. The van der Waals surface area contributed by atoms with Crippen LogP contribution in [0.4, 0.5) is 5.69 Å². The summed E-state index contributed by atoms with van der Waals surface area (Å²) in [5.41, 5.74) is 9.55. The van der Waals surface area contributed by atoms with Gasteiger partial charge >= 0.3 is 0 Å². The fraction of sp³-hybridized carbons (Fsp3) is 0.219. The highest BCUT2D eigenvalue weighted by Crippen LogP contribution is 2.37. The first-order valence-corrected chi connectivity index (χ1v) is 13.8. The smallest absolute Gasteiger partial charge is 0.227 e. The Morgan fingerprint density at radius 1 is 0.900 bits per heavy atom. The molecule has 3 N–H and O–H groups in total. The second-order valence-electron chi connectivity index (χ2n) is 10.4. The minimum absolute atomic E-state index is 0.0949. The number of carbonyl (C=O) groups is 1. The SMILES string of the molecule is CCc1[nH]c2ccc(-c3cncc(NC(=O)C4CCCC4)c3)cc2c1-c1nc2c(-c3cccnc3)cncc2[nH]1. The van der Waals surface area contributed by atoms with E-state index >= 15 is 0 Å². The van der Waals surface area contributed by atoms with Crippen molar-refractivity contribution in [2.45, 2.75) is 39.0 Å². The standard InChI is InChI=1S/C32H29N7O/c1-2-26-29(31-38-28-18-35-17-25(30(28)39-31)21-8-5-11-33-14-21)24-13-20(9-10-27(24)37-26)22-12-23(16-34-15-22)36-32(40)19-6-3-4-7-19/h5,8-19,37H,2-4,6-7H2,1H3,(H,36,40)(H,38,39). The Balaban J connectivity index is 1.29. The van der Waals surface area contributed by atoms with Crippen LogP contribution in [0, 0.1) is 5.92 Å². The van der Waals surface area contributed by atoms with Gasteiger partial charge in [0.1, 0.15) is 5.82 Å². The zero-order valence-electron chi connectivity index (χ0n) is 22.2. The number of nitrogens with zero attached hydrogens (tertiary/aromatic N) is 4. The number of fused-ring (bicyclic) bond motifs is 2. The number of rotatable bonds is 6. The second kappa shape index (κ2) is 10.0. The highest BCUT2D eigenvalue weighted by Gasteiger charge is 2.23. The molecule has 7 rings (SSSR count). The number of anilines is 1. The predicted molar refractivity (Wildman–Crippen MR) is 158 cm³/mol. The number of H-pyrrole nitrogens is 2. The van der Waals surface area contributed by atoms with E-state index in [1.165, 1.54) is 0 Å². The van der Waals surface area contributed by atoms with Crippen LogP contribution in [-0.2, 0) is 11.2 Å². The van der Waals surface area contributed by atoms with E-state index in [1.807, 2.05) is 43.0 Å². The van der Waals surface area contributed by atoms with Crippen molar-refractivity contribution in [3.8, 4) is 33.6 Å². The summed E-state index contributed by atoms with van der Waals surface area (Å²) >= 11 is 0. The number of aromatic nitrogens is 6. The number of nitrogens with one attached hydrogen (secondary N) is 3. The maximum Gasteiger partial charge on any atom is 0.227 e. The van der Waals surface area contributed by atoms with Crippen LogP contribution >= 0.6 is 0 Å². The summed E-state index contributed by atoms with van der Waals surface area (Å²) in [5.74, 6) is 0.995. The van der Waals surface area contributed by atoms with Crippen molar-refractivity contribution in [3.05, 3.63) is 79.3 Å². The Bertz CT molecular complexity index is 1850. The van der Waals surface area contributed by atoms with Gasteiger partial charge in [-0.05, 0) is 49.1 Å². The number of imidazole rings is 1. The van der Waals surface area contributed by atoms with Gasteiger partial charge < -0.3 is 15.3 Å². The number of pyridine rings is 3. The minimum atomic E-state index is 0.0949. The van der Waals surface area contributed by atoms with Crippen molar-refractivity contribution < 1.29 is 4.79 Å². The van der Waals surface area contributed by atoms with Crippen molar-refractivity contribution in [2.75, 3.05) is 5.32 Å². The third-order valence-electron chi connectivity index (χ3n) is 7.90. The lowest BCUT2D eigenvalue weighted by atomic mass is 10.0. The minimum Gasteiger partial charge on any atom is -0.358 e. The van der Waals surface area contributed by atoms with Gasteiger partial charge in [0.2, 0.25) is 5.91 Å². The number of benzene rings is 1. The highest BCUT2D eigenvalue weighted by atomic mass is 16.1. The first kappa shape index (κ1) is 24.2. The van der Waals surface area contributed by atoms with Crippen LogP contribution in [0.1, 0.15) is 38.3 Å². The third kappa shape index (κ3) is 4.31. The maximum absolute atomic E-state index is 12.7. The van der Waals surface area contributed by atoms with E-state index in [-0.39, 0.29) is 11.8 Å². The molecule has 198 valence electrons. The Morgan fingerprint density at radius 3 is 2.58 bits per heavy atom. The second-order valence-corrected chi connectivity index (χ2v) is 10.4. The van der Waals surface area contributed by atoms with Gasteiger partial charge in [-0.1, -0.05) is 31.9 Å². The van der Waals surface area contributed by atoms with E-state index < -0.39 is 0 Å². The first-order chi connectivity index (χ1) is 19.7. The molecule has 8 nitrogen and oxygen atoms in total. The quantitative estimate of drug-likeness (QED) is 0.218. The fourth-order valence-corrected chi connectivity index (χ4v) is 5.85. The van der Waals surface area contributed by atoms with E-state index in [1.54, 1.807) is 12.4 Å². The Hall–Kier alpha value is -4.85. The maximum atomic E-state index is 12.7. The van der Waals surface area contributed by atoms with Crippen molar-refractivity contribution in [2.24, 2.45) is 5.92 Å². The van der Waals surface area contributed by atoms with Gasteiger partial charge in [0, 0.05) is 69.6 Å². The molecule has 0 saturated heterocycles. The number of amides is 1. The molecule has 1 aliphatic carbocycles. The molecule has 1 aromatic carbocycles. The van der Waals surface area contributed by atoms with Crippen LogP contribution in [-0.4, -0.2) is 35.8 Å². The molecular weight excluding hydrogens is 498 g/mol. The molecule has 5 aromatic heterocycles. The summed E-state index contributed by atoms with van der Waals surface area (Å²) in [5, 5.41) is 4.16. The molecule has 0 aliphatic heterocycles. The van der Waals surface area contributed by atoms with E-state index in [9.17, 15) is 4.79 Å². The van der Waals surface area contributed by atoms with Crippen LogP contribution in [0.3, 0.4) is 0 Å². The topological polar surface area (TPSA) is 112 Å². The molecule has 0 atom stereocenters. The third-order valence-corrected chi connectivity index (χ3v) is 7.90. The number of aromatic amines is 2. The lowest BCUT2D eigenvalue weighted by molar-refractivity contribution is -0.119. The van der Waals surface area contributed by atoms with E-state index in [0.717, 1.165) is 99.1 Å². The zero-order valence-corrected chi connectivity index (χ0v) is 22.2. The molecule has 5 heterocycles. The molecule has 6 aromatic rings. The van der Waals surface area contributed by atoms with Gasteiger partial charge in [-0.25, -0.2) is 4.98 Å². The largest absolute Gasteiger partial charge is 0.358 e. The molecule has 8 heteroatoms. The Labute approximate surface area is 231 Å². The summed E-state index contributed by atoms with van der Waals surface area (Å²) in [6, 6.07) is 12.3. The monoisotopic (exact) mass is 527 g/mol. The van der Waals surface area contributed by atoms with Crippen molar-refractivity contribution >= 4 is 33.5 Å². The van der Waals surface area contributed by atoms with Gasteiger partial charge in [-0.15, -0.1) is 0 Å². The van der Waals surface area contributed by atoms with E-state index in [4.69, 9.17) is 4.98 Å². The molecular formula is C32H29N7O. The molecule has 0 spiro atoms. The van der Waals surface area contributed by atoms with E-state index in [0.29, 0.717) is 0 Å². The van der Waals surface area contributed by atoms with Gasteiger partial charge in [0.05, 0.1) is 29.1 Å². The summed E-state index contributed by atoms with van der Waals surface area (Å²) in [6.45, 7) is 2.14. The number of hydrogen-bond donors (Lipinski definition) is 3. The number of hydrogen-bond acceptors (Lipinski definition) is 5. The van der Waals surface area contributed by atoms with Crippen molar-refractivity contribution in [1.82, 2.24) is 29.9 Å². The van der Waals surface area contributed by atoms with Gasteiger partial charge in [0.25, 0.3) is 0 Å². The van der Waals surface area contributed by atoms with E-state index in [2.05, 4.69) is 55.4 Å². The van der Waals surface area contributed by atoms with Gasteiger partial charge in [-0.2, -0.15) is 0 Å². The summed E-state index contributed by atoms with van der Waals surface area (Å²) in [7, 11) is 0. The Morgan fingerprint density at radius 2 is 1.75 bits per heavy atom. The lowest BCUT2D eigenvalue weighted by Gasteiger charge is -2.11. The highest BCUT2D eigenvalue weighted by molar-refractivity contribution is 6.01. The average Bonchev–Trinajstić information content (AvgIpc) is 3.75. The van der Waals surface area contributed by atoms with Crippen LogP contribution in [0.15, 0.2) is 73.6 Å². The van der Waals surface area contributed by atoms with Crippen LogP contribution < -0.4 is 5.32 Å². The zero-order chi connectivity index (χ0) is 27.1. The molecule has 1 fully saturated rings. The van der Waals surface area contributed by atoms with Gasteiger partial charge in [0.15, 0.2) is 0 Å². The summed E-state index contributed by atoms with van der Waals surface area (Å²) in [6.07, 6.45) is 15.8. The molecule has 0 unspecified atom stereocenters. The van der Waals surface area contributed by atoms with Crippen molar-refractivity contribution in [3.63, 3.8) is 0 Å². The summed E-state index contributed by atoms with van der Waals surface area (Å²) < 4.78 is 0. The Kier molecular flexibility index (Phi) is 6.07. The van der Waals surface area contributed by atoms with Crippen LogP contribution in [0.5, 0.6) is 0 Å². The van der Waals surface area contributed by atoms with Gasteiger partial charge in [-0.3, -0.25) is 19.7 Å². The first-order valence-electron chi connectivity index (χ1n) is 13.8. The lowest BCUT2D eigenvalue weighted by Crippen LogP contribution is -2.20. The molecule has 1 saturated carbocycles. The molecule has 0 radical (unpaired) electrons. The number of carbonyl (C=O) groups excluding carboxylic acids is 1. The van der Waals surface area contributed by atoms with Crippen molar-refractivity contribution in [1.29, 1.82) is 0 Å². The van der Waals surface area contributed by atoms with Crippen LogP contribution in [0.25, 0.3) is 55.6 Å². The predicted octanol–water partition coefficient (Wildman–Crippen LogP) is 6.92. The average molecular weight is 528 g/mol. The number of aryl methyl sites for hydroxylation is 1. The normalized spacial score (nSPS) is 13.8. The molecule has 40 heavy (non-hydrogen) atoms. The van der Waals surface area contributed by atoms with Crippen LogP contribution in [0.2, 0.25) is 0 Å². The molecule has 0 bridgehead atoms. The molecule has 1 amide bonds. The molecule has 1 aliphatic rings.